The molecular weight excluding hydrogens is 299 g/mol. The molecule has 2 nitrogen and oxygen atoms in total. The number of ether oxygens (including phenoxy) is 1. The highest BCUT2D eigenvalue weighted by atomic mass is 35.5. The van der Waals surface area contributed by atoms with E-state index in [-0.39, 0.29) is 16.2 Å². The average Bonchev–Trinajstić information content (AvgIpc) is 2.82. The minimum atomic E-state index is -0.452. The quantitative estimate of drug-likeness (QED) is 0.770. The maximum atomic E-state index is 13.7. The van der Waals surface area contributed by atoms with Gasteiger partial charge in [0, 0.05) is 10.5 Å². The van der Waals surface area contributed by atoms with Gasteiger partial charge in [-0.15, -0.1) is 11.8 Å². The van der Waals surface area contributed by atoms with Gasteiger partial charge in [-0.05, 0) is 42.5 Å². The first-order valence-electron chi connectivity index (χ1n) is 6.52. The third-order valence-electron chi connectivity index (χ3n) is 3.86. The van der Waals surface area contributed by atoms with Crippen molar-refractivity contribution in [2.75, 3.05) is 7.11 Å². The molecule has 0 aromatic heterocycles. The maximum absolute atomic E-state index is 13.7. The molecule has 0 spiro atoms. The monoisotopic (exact) mass is 312 g/mol. The summed E-state index contributed by atoms with van der Waals surface area (Å²) in [5.74, 6) is -0.750. The van der Waals surface area contributed by atoms with Crippen LogP contribution in [0.15, 0.2) is 23.8 Å². The summed E-state index contributed by atoms with van der Waals surface area (Å²) >= 11 is 7.56. The highest BCUT2D eigenvalue weighted by Crippen LogP contribution is 2.49. The molecule has 0 aliphatic carbocycles. The zero-order valence-electron chi connectivity index (χ0n) is 11.0. The first-order valence-corrected chi connectivity index (χ1v) is 7.84. The summed E-state index contributed by atoms with van der Waals surface area (Å²) in [6.07, 6.45) is 2.86. The van der Waals surface area contributed by atoms with Gasteiger partial charge in [0.15, 0.2) is 0 Å². The van der Waals surface area contributed by atoms with Crippen LogP contribution < -0.4 is 0 Å². The number of carbonyl (C=O) groups is 1. The Hall–Kier alpha value is -1.00. The van der Waals surface area contributed by atoms with Crippen molar-refractivity contribution in [1.29, 1.82) is 0 Å². The van der Waals surface area contributed by atoms with E-state index in [0.29, 0.717) is 10.8 Å². The van der Waals surface area contributed by atoms with Crippen molar-refractivity contribution >= 4 is 34.9 Å². The Morgan fingerprint density at radius 2 is 2.25 bits per heavy atom. The summed E-state index contributed by atoms with van der Waals surface area (Å²) in [6, 6.07) is 4.73. The highest BCUT2D eigenvalue weighted by molar-refractivity contribution is 8.01. The number of hydrogen-bond donors (Lipinski definition) is 0. The number of fused-ring (bicyclic) bond motifs is 2. The molecule has 2 heterocycles. The predicted octanol–water partition coefficient (Wildman–Crippen LogP) is 4.07. The second-order valence-corrected chi connectivity index (χ2v) is 6.96. The highest BCUT2D eigenvalue weighted by Gasteiger charge is 2.39. The summed E-state index contributed by atoms with van der Waals surface area (Å²) in [5, 5.41) is 0.791. The molecule has 2 atom stereocenters. The molecule has 1 aromatic carbocycles. The third kappa shape index (κ3) is 2.35. The van der Waals surface area contributed by atoms with Gasteiger partial charge in [-0.1, -0.05) is 17.7 Å². The van der Waals surface area contributed by atoms with Crippen molar-refractivity contribution in [3.05, 3.63) is 40.2 Å². The second kappa shape index (κ2) is 5.41. The van der Waals surface area contributed by atoms with Gasteiger partial charge < -0.3 is 4.74 Å². The van der Waals surface area contributed by atoms with Crippen LogP contribution in [0.2, 0.25) is 5.02 Å². The molecule has 0 radical (unpaired) electrons. The first kappa shape index (κ1) is 14.0. The van der Waals surface area contributed by atoms with Gasteiger partial charge in [0.2, 0.25) is 0 Å². The molecule has 20 heavy (non-hydrogen) atoms. The number of rotatable bonds is 2. The topological polar surface area (TPSA) is 26.3 Å². The molecule has 3 rings (SSSR count). The number of allylic oxidation sites excluding steroid dienone is 1. The standard InChI is InChI=1S/C15H14ClFO2S/c1-19-15(18)14-10(7-9-3-5-13(14)20-9)8-2-4-11(16)12(17)6-8/h2,4,6,9,13H,3,5,7H2,1H3. The molecule has 0 N–H and O–H groups in total. The molecule has 1 aromatic rings. The molecule has 1 saturated heterocycles. The van der Waals surface area contributed by atoms with Gasteiger partial charge in [0.1, 0.15) is 5.82 Å². The number of hydrogen-bond acceptors (Lipinski definition) is 3. The van der Waals surface area contributed by atoms with E-state index in [1.54, 1.807) is 6.07 Å². The lowest BCUT2D eigenvalue weighted by Crippen LogP contribution is -2.20. The van der Waals surface area contributed by atoms with Gasteiger partial charge in [0.25, 0.3) is 0 Å². The Kier molecular flexibility index (Phi) is 3.78. The molecule has 2 aliphatic heterocycles. The lowest BCUT2D eigenvalue weighted by molar-refractivity contribution is -0.136. The molecule has 0 amide bonds. The fourth-order valence-corrected chi connectivity index (χ4v) is 4.69. The summed E-state index contributed by atoms with van der Waals surface area (Å²) in [7, 11) is 1.39. The fourth-order valence-electron chi connectivity index (χ4n) is 2.92. The summed E-state index contributed by atoms with van der Waals surface area (Å²) in [5.41, 5.74) is 2.36. The largest absolute Gasteiger partial charge is 0.466 e. The van der Waals surface area contributed by atoms with E-state index in [1.807, 2.05) is 11.8 Å². The zero-order chi connectivity index (χ0) is 14.3. The molecule has 1 fully saturated rings. The number of esters is 1. The predicted molar refractivity (Wildman–Crippen MR) is 79.4 cm³/mol. The van der Waals surface area contributed by atoms with Crippen LogP contribution in [0, 0.1) is 5.82 Å². The van der Waals surface area contributed by atoms with Gasteiger partial charge in [0.05, 0.1) is 17.7 Å². The Bertz CT molecular complexity index is 600. The molecule has 5 heteroatoms. The summed E-state index contributed by atoms with van der Waals surface area (Å²) in [4.78, 5) is 12.1. The van der Waals surface area contributed by atoms with Crippen LogP contribution in [0.4, 0.5) is 4.39 Å². The Balaban J connectivity index is 2.10. The molecule has 106 valence electrons. The lowest BCUT2D eigenvalue weighted by atomic mass is 9.95. The van der Waals surface area contributed by atoms with E-state index in [1.165, 1.54) is 19.2 Å². The van der Waals surface area contributed by atoms with Gasteiger partial charge in [-0.3, -0.25) is 0 Å². The smallest absolute Gasteiger partial charge is 0.335 e. The molecule has 2 unspecified atom stereocenters. The Morgan fingerprint density at radius 3 is 2.95 bits per heavy atom. The van der Waals surface area contributed by atoms with E-state index in [2.05, 4.69) is 0 Å². The van der Waals surface area contributed by atoms with Crippen LogP contribution in [0.1, 0.15) is 24.8 Å². The van der Waals surface area contributed by atoms with Crippen LogP contribution in [0.25, 0.3) is 5.57 Å². The number of carbonyl (C=O) groups excluding carboxylic acids is 1. The molecule has 2 bridgehead atoms. The summed E-state index contributed by atoms with van der Waals surface area (Å²) in [6.45, 7) is 0. The Labute approximate surface area is 126 Å². The number of methoxy groups -OCH3 is 1. The molecular formula is C15H14ClFO2S. The molecule has 0 saturated carbocycles. The van der Waals surface area contributed by atoms with E-state index >= 15 is 0 Å². The van der Waals surface area contributed by atoms with Gasteiger partial charge >= 0.3 is 5.97 Å². The van der Waals surface area contributed by atoms with E-state index in [0.717, 1.165) is 30.4 Å². The van der Waals surface area contributed by atoms with Crippen LogP contribution in [0.5, 0.6) is 0 Å². The number of halogens is 2. The van der Waals surface area contributed by atoms with Crippen molar-refractivity contribution in [3.8, 4) is 0 Å². The second-order valence-electron chi connectivity index (χ2n) is 5.04. The van der Waals surface area contributed by atoms with Crippen LogP contribution >= 0.6 is 23.4 Å². The number of thioether (sulfide) groups is 1. The minimum absolute atomic E-state index is 0.0992. The zero-order valence-corrected chi connectivity index (χ0v) is 12.6. The normalized spacial score (nSPS) is 24.9. The van der Waals surface area contributed by atoms with Gasteiger partial charge in [-0.25, -0.2) is 9.18 Å². The van der Waals surface area contributed by atoms with E-state index in [9.17, 15) is 9.18 Å². The number of benzene rings is 1. The third-order valence-corrected chi connectivity index (χ3v) is 5.75. The first-order chi connectivity index (χ1) is 9.60. The summed E-state index contributed by atoms with van der Waals surface area (Å²) < 4.78 is 18.6. The van der Waals surface area contributed by atoms with Crippen molar-refractivity contribution in [2.24, 2.45) is 0 Å². The molecule has 2 aliphatic rings. The Morgan fingerprint density at radius 1 is 1.45 bits per heavy atom. The van der Waals surface area contributed by atoms with Crippen LogP contribution in [-0.4, -0.2) is 23.6 Å². The lowest BCUT2D eigenvalue weighted by Gasteiger charge is -2.25. The minimum Gasteiger partial charge on any atom is -0.466 e. The maximum Gasteiger partial charge on any atom is 0.335 e. The van der Waals surface area contributed by atoms with Gasteiger partial charge in [-0.2, -0.15) is 0 Å². The van der Waals surface area contributed by atoms with Crippen molar-refractivity contribution in [1.82, 2.24) is 0 Å². The average molecular weight is 313 g/mol. The van der Waals surface area contributed by atoms with Crippen molar-refractivity contribution in [2.45, 2.75) is 29.8 Å². The fraction of sp³-hybridized carbons (Fsp3) is 0.400. The van der Waals surface area contributed by atoms with E-state index in [4.69, 9.17) is 16.3 Å². The van der Waals surface area contributed by atoms with Crippen LogP contribution in [-0.2, 0) is 9.53 Å². The van der Waals surface area contributed by atoms with Crippen molar-refractivity contribution < 1.29 is 13.9 Å². The van der Waals surface area contributed by atoms with Crippen molar-refractivity contribution in [3.63, 3.8) is 0 Å². The SMILES string of the molecule is COC(=O)C1=C(c2ccc(Cl)c(F)c2)CC2CCC1S2. The van der Waals surface area contributed by atoms with E-state index < -0.39 is 5.82 Å². The van der Waals surface area contributed by atoms with Crippen LogP contribution in [0.3, 0.4) is 0 Å².